The Labute approximate surface area is 202 Å². The van der Waals surface area contributed by atoms with Crippen LogP contribution < -0.4 is 11.1 Å². The fraction of sp³-hybridized carbons (Fsp3) is 0.462. The molecule has 6 nitrogen and oxygen atoms in total. The van der Waals surface area contributed by atoms with Gasteiger partial charge in [-0.05, 0) is 56.9 Å². The standard InChI is InChI=1S/C26H37N5OS/c1-29(2)22-16-24(33-25(17-22)26(27)28-21-8-5-9-23(32)15-21)20-7-4-6-19(14-20)18-31-12-10-30(3)11-13-31/h4-9,14-16,22,25-26,28,32H,10-13,17-18,27H2,1-3H3. The van der Waals surface area contributed by atoms with E-state index in [9.17, 15) is 5.11 Å². The molecule has 1 fully saturated rings. The highest BCUT2D eigenvalue weighted by molar-refractivity contribution is 8.09. The normalized spacial score (nSPS) is 23.4. The Morgan fingerprint density at radius 2 is 1.88 bits per heavy atom. The lowest BCUT2D eigenvalue weighted by Gasteiger charge is -2.35. The van der Waals surface area contributed by atoms with Gasteiger partial charge in [0.2, 0.25) is 0 Å². The van der Waals surface area contributed by atoms with Gasteiger partial charge in [0, 0.05) is 60.7 Å². The number of nitrogens with two attached hydrogens (primary N) is 1. The van der Waals surface area contributed by atoms with Crippen molar-refractivity contribution in [1.29, 1.82) is 0 Å². The second-order valence-electron chi connectivity index (χ2n) is 9.45. The van der Waals surface area contributed by atoms with E-state index in [2.05, 4.69) is 71.5 Å². The summed E-state index contributed by atoms with van der Waals surface area (Å²) in [7, 11) is 6.45. The molecule has 0 aromatic heterocycles. The van der Waals surface area contributed by atoms with Gasteiger partial charge in [0.15, 0.2) is 0 Å². The lowest BCUT2D eigenvalue weighted by Crippen LogP contribution is -2.44. The van der Waals surface area contributed by atoms with Gasteiger partial charge in [0.1, 0.15) is 5.75 Å². The summed E-state index contributed by atoms with van der Waals surface area (Å²) in [6.45, 7) is 5.52. The lowest BCUT2D eigenvalue weighted by molar-refractivity contribution is 0.148. The summed E-state index contributed by atoms with van der Waals surface area (Å²) in [5.74, 6) is 0.243. The molecule has 2 aromatic rings. The number of phenolic OH excluding ortho intramolecular Hbond substituents is 1. The smallest absolute Gasteiger partial charge is 0.117 e. The maximum Gasteiger partial charge on any atom is 0.117 e. The van der Waals surface area contributed by atoms with Crippen molar-refractivity contribution in [3.05, 3.63) is 65.7 Å². The van der Waals surface area contributed by atoms with E-state index in [0.29, 0.717) is 6.04 Å². The van der Waals surface area contributed by atoms with E-state index >= 15 is 0 Å². The highest BCUT2D eigenvalue weighted by Gasteiger charge is 2.29. The Balaban J connectivity index is 1.48. The molecular weight excluding hydrogens is 430 g/mol. The zero-order valence-electron chi connectivity index (χ0n) is 19.9. The number of nitrogens with zero attached hydrogens (tertiary/aromatic N) is 3. The fourth-order valence-electron chi connectivity index (χ4n) is 4.44. The minimum absolute atomic E-state index is 0.209. The molecule has 3 unspecified atom stereocenters. The van der Waals surface area contributed by atoms with E-state index in [1.807, 2.05) is 23.9 Å². The molecule has 2 aliphatic heterocycles. The van der Waals surface area contributed by atoms with Crippen LogP contribution in [0.5, 0.6) is 5.75 Å². The van der Waals surface area contributed by atoms with Crippen molar-refractivity contribution in [2.45, 2.75) is 30.4 Å². The van der Waals surface area contributed by atoms with E-state index in [1.165, 1.54) is 16.0 Å². The third kappa shape index (κ3) is 6.52. The summed E-state index contributed by atoms with van der Waals surface area (Å²) >= 11 is 1.86. The quantitative estimate of drug-likeness (QED) is 0.540. The maximum atomic E-state index is 9.79. The molecule has 178 valence electrons. The van der Waals surface area contributed by atoms with Gasteiger partial charge >= 0.3 is 0 Å². The molecular formula is C26H37N5OS. The number of anilines is 1. The number of likely N-dealkylation sites (N-methyl/N-ethyl adjacent to an activating group) is 2. The Kier molecular flexibility index (Phi) is 7.98. The molecule has 2 heterocycles. The molecule has 3 atom stereocenters. The van der Waals surface area contributed by atoms with Crippen LogP contribution in [0.2, 0.25) is 0 Å². The Morgan fingerprint density at radius 1 is 1.12 bits per heavy atom. The van der Waals surface area contributed by atoms with Crippen LogP contribution in [0.3, 0.4) is 0 Å². The number of aromatic hydroxyl groups is 1. The third-order valence-corrected chi connectivity index (χ3v) is 7.97. The third-order valence-electron chi connectivity index (χ3n) is 6.55. The van der Waals surface area contributed by atoms with Crippen molar-refractivity contribution in [2.24, 2.45) is 5.73 Å². The molecule has 7 heteroatoms. The van der Waals surface area contributed by atoms with Gasteiger partial charge in [0.25, 0.3) is 0 Å². The SMILES string of the molecule is CN1CCN(Cc2cccc(C3=CC(N(C)C)CC(C(N)Nc4cccc(O)c4)S3)c2)CC1. The monoisotopic (exact) mass is 467 g/mol. The van der Waals surface area contributed by atoms with Crippen LogP contribution in [0, 0.1) is 0 Å². The number of phenols is 1. The van der Waals surface area contributed by atoms with Crippen molar-refractivity contribution >= 4 is 22.4 Å². The molecule has 1 saturated heterocycles. The zero-order valence-corrected chi connectivity index (χ0v) is 20.8. The number of piperazine rings is 1. The Bertz CT molecular complexity index is 957. The first-order chi connectivity index (χ1) is 15.9. The molecule has 0 bridgehead atoms. The zero-order chi connectivity index (χ0) is 23.4. The summed E-state index contributed by atoms with van der Waals surface area (Å²) < 4.78 is 0. The summed E-state index contributed by atoms with van der Waals surface area (Å²) in [4.78, 5) is 8.49. The molecule has 0 radical (unpaired) electrons. The summed E-state index contributed by atoms with van der Waals surface area (Å²) in [6.07, 6.45) is 3.13. The molecule has 0 spiro atoms. The van der Waals surface area contributed by atoms with Crippen molar-refractivity contribution in [2.75, 3.05) is 52.6 Å². The second kappa shape index (κ2) is 10.9. The predicted molar refractivity (Wildman–Crippen MR) is 140 cm³/mol. The van der Waals surface area contributed by atoms with E-state index in [0.717, 1.165) is 44.8 Å². The van der Waals surface area contributed by atoms with Crippen LogP contribution in [-0.4, -0.2) is 84.6 Å². The van der Waals surface area contributed by atoms with Crippen molar-refractivity contribution in [3.63, 3.8) is 0 Å². The molecule has 4 rings (SSSR count). The fourth-order valence-corrected chi connectivity index (χ4v) is 5.78. The van der Waals surface area contributed by atoms with Crippen LogP contribution in [0.15, 0.2) is 54.6 Å². The van der Waals surface area contributed by atoms with Crippen LogP contribution in [-0.2, 0) is 6.54 Å². The molecule has 0 aliphatic carbocycles. The van der Waals surface area contributed by atoms with Gasteiger partial charge in [0.05, 0.1) is 6.17 Å². The first-order valence-electron chi connectivity index (χ1n) is 11.7. The summed E-state index contributed by atoms with van der Waals surface area (Å²) in [5, 5.41) is 13.4. The molecule has 2 aromatic carbocycles. The van der Waals surface area contributed by atoms with Crippen molar-refractivity contribution < 1.29 is 5.11 Å². The minimum atomic E-state index is -0.225. The number of nitrogens with one attached hydrogen (secondary N) is 1. The number of hydrogen-bond donors (Lipinski definition) is 3. The summed E-state index contributed by atoms with van der Waals surface area (Å²) in [5.41, 5.74) is 10.1. The molecule has 0 amide bonds. The Hall–Kier alpha value is -2.03. The number of benzene rings is 2. The average Bonchev–Trinajstić information content (AvgIpc) is 2.80. The lowest BCUT2D eigenvalue weighted by atomic mass is 10.0. The van der Waals surface area contributed by atoms with Crippen LogP contribution >= 0.6 is 11.8 Å². The predicted octanol–water partition coefficient (Wildman–Crippen LogP) is 3.31. The van der Waals surface area contributed by atoms with E-state index in [4.69, 9.17) is 5.73 Å². The highest BCUT2D eigenvalue weighted by Crippen LogP contribution is 2.40. The number of rotatable bonds is 7. The van der Waals surface area contributed by atoms with Crippen LogP contribution in [0.4, 0.5) is 5.69 Å². The topological polar surface area (TPSA) is 68.0 Å². The first-order valence-corrected chi connectivity index (χ1v) is 12.6. The van der Waals surface area contributed by atoms with Crippen molar-refractivity contribution in [1.82, 2.24) is 14.7 Å². The van der Waals surface area contributed by atoms with Gasteiger partial charge in [-0.3, -0.25) is 4.90 Å². The molecule has 2 aliphatic rings. The van der Waals surface area contributed by atoms with E-state index in [-0.39, 0.29) is 17.2 Å². The molecule has 0 saturated carbocycles. The van der Waals surface area contributed by atoms with E-state index < -0.39 is 0 Å². The van der Waals surface area contributed by atoms with Crippen LogP contribution in [0.25, 0.3) is 4.91 Å². The molecule has 4 N–H and O–H groups in total. The molecule has 33 heavy (non-hydrogen) atoms. The van der Waals surface area contributed by atoms with Gasteiger partial charge in [-0.1, -0.05) is 30.3 Å². The van der Waals surface area contributed by atoms with E-state index in [1.54, 1.807) is 12.1 Å². The van der Waals surface area contributed by atoms with Gasteiger partial charge in [-0.25, -0.2) is 0 Å². The van der Waals surface area contributed by atoms with Crippen LogP contribution in [0.1, 0.15) is 17.5 Å². The summed E-state index contributed by atoms with van der Waals surface area (Å²) in [6, 6.07) is 16.5. The number of hydrogen-bond acceptors (Lipinski definition) is 7. The first kappa shape index (κ1) is 24.1. The Morgan fingerprint density at radius 3 is 2.61 bits per heavy atom. The van der Waals surface area contributed by atoms with Gasteiger partial charge < -0.3 is 26.0 Å². The highest BCUT2D eigenvalue weighted by atomic mass is 32.2. The minimum Gasteiger partial charge on any atom is -0.508 e. The van der Waals surface area contributed by atoms with Crippen molar-refractivity contribution in [3.8, 4) is 5.75 Å². The number of thioether (sulfide) groups is 1. The maximum absolute atomic E-state index is 9.79. The second-order valence-corrected chi connectivity index (χ2v) is 10.7. The average molecular weight is 468 g/mol. The largest absolute Gasteiger partial charge is 0.508 e. The van der Waals surface area contributed by atoms with Gasteiger partial charge in [-0.2, -0.15) is 0 Å². The van der Waals surface area contributed by atoms with Gasteiger partial charge in [-0.15, -0.1) is 11.8 Å².